The number of carbonyl (C=O) groups excluding carboxylic acids is 1. The van der Waals surface area contributed by atoms with E-state index in [1.54, 1.807) is 18.2 Å². The van der Waals surface area contributed by atoms with E-state index >= 15 is 0 Å². The second-order valence-corrected chi connectivity index (χ2v) is 5.10. The number of rotatable bonds is 6. The van der Waals surface area contributed by atoms with Gasteiger partial charge in [0.25, 0.3) is 5.91 Å². The number of hydrogen-bond acceptors (Lipinski definition) is 3. The predicted molar refractivity (Wildman–Crippen MR) is 78.3 cm³/mol. The Morgan fingerprint density at radius 2 is 2.16 bits per heavy atom. The maximum atomic E-state index is 11.9. The Morgan fingerprint density at radius 3 is 2.68 bits per heavy atom. The summed E-state index contributed by atoms with van der Waals surface area (Å²) in [6.45, 7) is 10.8. The van der Waals surface area contributed by atoms with Crippen molar-refractivity contribution in [1.29, 1.82) is 0 Å². The zero-order valence-electron chi connectivity index (χ0n) is 11.8. The van der Waals surface area contributed by atoms with E-state index < -0.39 is 0 Å². The van der Waals surface area contributed by atoms with Crippen molar-refractivity contribution in [3.05, 3.63) is 35.9 Å². The van der Waals surface area contributed by atoms with Crippen molar-refractivity contribution < 1.29 is 9.53 Å². The molecule has 4 nitrogen and oxygen atoms in total. The van der Waals surface area contributed by atoms with Crippen LogP contribution in [0, 0.1) is 5.92 Å². The molecule has 0 saturated heterocycles. The summed E-state index contributed by atoms with van der Waals surface area (Å²) in [6.07, 6.45) is 0. The molecule has 0 bridgehead atoms. The molecule has 0 radical (unpaired) electrons. The highest BCUT2D eigenvalue weighted by atomic mass is 16.5. The summed E-state index contributed by atoms with van der Waals surface area (Å²) in [5, 5.41) is 2.85. The van der Waals surface area contributed by atoms with Crippen LogP contribution in [-0.4, -0.2) is 19.1 Å². The molecule has 0 aliphatic heterocycles. The van der Waals surface area contributed by atoms with Crippen molar-refractivity contribution in [2.75, 3.05) is 18.9 Å². The molecule has 0 spiro atoms. The van der Waals surface area contributed by atoms with E-state index in [0.717, 1.165) is 5.57 Å². The first-order valence-electron chi connectivity index (χ1n) is 6.35. The number of amides is 1. The Balaban J connectivity index is 2.70. The first kappa shape index (κ1) is 15.1. The summed E-state index contributed by atoms with van der Waals surface area (Å²) < 4.78 is 5.47. The lowest BCUT2D eigenvalue weighted by Gasteiger charge is -2.11. The van der Waals surface area contributed by atoms with Gasteiger partial charge in [-0.3, -0.25) is 4.79 Å². The van der Waals surface area contributed by atoms with Crippen LogP contribution in [0.5, 0.6) is 5.75 Å². The van der Waals surface area contributed by atoms with Gasteiger partial charge < -0.3 is 15.8 Å². The number of ether oxygens (including phenoxy) is 1. The van der Waals surface area contributed by atoms with Crippen LogP contribution in [0.15, 0.2) is 30.4 Å². The van der Waals surface area contributed by atoms with Crippen LogP contribution in [-0.2, 0) is 0 Å². The fraction of sp³-hybridized carbons (Fsp3) is 0.400. The predicted octanol–water partition coefficient (Wildman–Crippen LogP) is 2.61. The van der Waals surface area contributed by atoms with Crippen LogP contribution in [0.1, 0.15) is 31.1 Å². The van der Waals surface area contributed by atoms with Gasteiger partial charge in [0.15, 0.2) is 0 Å². The molecule has 0 unspecified atom stereocenters. The average molecular weight is 262 g/mol. The lowest BCUT2D eigenvalue weighted by Crippen LogP contribution is -2.27. The molecule has 104 valence electrons. The number of carbonyl (C=O) groups is 1. The zero-order valence-corrected chi connectivity index (χ0v) is 11.8. The Bertz CT molecular complexity index is 467. The molecule has 3 N–H and O–H groups in total. The lowest BCUT2D eigenvalue weighted by atomic mass is 10.1. The fourth-order valence-electron chi connectivity index (χ4n) is 1.42. The molecule has 1 aromatic carbocycles. The van der Waals surface area contributed by atoms with Crippen LogP contribution >= 0.6 is 0 Å². The quantitative estimate of drug-likeness (QED) is 0.612. The van der Waals surface area contributed by atoms with Gasteiger partial charge in [-0.2, -0.15) is 0 Å². The van der Waals surface area contributed by atoms with Crippen molar-refractivity contribution in [3.8, 4) is 5.75 Å². The molecule has 1 rings (SSSR count). The van der Waals surface area contributed by atoms with Crippen LogP contribution in [0.3, 0.4) is 0 Å². The topological polar surface area (TPSA) is 64.3 Å². The standard InChI is InChI=1S/C15H22N2O2/c1-10(2)8-17-15(18)12-5-6-14(13(16)7-12)19-9-11(3)4/h5-7,10H,3,8-9,16H2,1-2,4H3,(H,17,18). The molecule has 0 aliphatic rings. The van der Waals surface area contributed by atoms with E-state index in [9.17, 15) is 4.79 Å². The summed E-state index contributed by atoms with van der Waals surface area (Å²) in [4.78, 5) is 11.9. The van der Waals surface area contributed by atoms with Crippen molar-refractivity contribution >= 4 is 11.6 Å². The molecule has 0 aromatic heterocycles. The smallest absolute Gasteiger partial charge is 0.251 e. The Kier molecular flexibility index (Phi) is 5.42. The summed E-state index contributed by atoms with van der Waals surface area (Å²) >= 11 is 0. The van der Waals surface area contributed by atoms with Crippen LogP contribution in [0.2, 0.25) is 0 Å². The Morgan fingerprint density at radius 1 is 1.47 bits per heavy atom. The molecule has 1 aromatic rings. The van der Waals surface area contributed by atoms with E-state index in [0.29, 0.717) is 36.1 Å². The zero-order chi connectivity index (χ0) is 14.4. The van der Waals surface area contributed by atoms with Crippen LogP contribution in [0.4, 0.5) is 5.69 Å². The molecular weight excluding hydrogens is 240 g/mol. The highest BCUT2D eigenvalue weighted by Gasteiger charge is 2.09. The molecular formula is C15H22N2O2. The third kappa shape index (κ3) is 5.04. The maximum absolute atomic E-state index is 11.9. The summed E-state index contributed by atoms with van der Waals surface area (Å²) in [5.74, 6) is 0.870. The minimum absolute atomic E-state index is 0.119. The number of hydrogen-bond donors (Lipinski definition) is 2. The Labute approximate surface area is 114 Å². The first-order valence-corrected chi connectivity index (χ1v) is 6.35. The summed E-state index contributed by atoms with van der Waals surface area (Å²) in [7, 11) is 0. The average Bonchev–Trinajstić information content (AvgIpc) is 2.34. The third-order valence-corrected chi connectivity index (χ3v) is 2.42. The van der Waals surface area contributed by atoms with Gasteiger partial charge in [0.2, 0.25) is 0 Å². The minimum atomic E-state index is -0.119. The van der Waals surface area contributed by atoms with Crippen molar-refractivity contribution in [2.24, 2.45) is 5.92 Å². The van der Waals surface area contributed by atoms with Gasteiger partial charge >= 0.3 is 0 Å². The van der Waals surface area contributed by atoms with Crippen molar-refractivity contribution in [1.82, 2.24) is 5.32 Å². The van der Waals surface area contributed by atoms with Crippen molar-refractivity contribution in [3.63, 3.8) is 0 Å². The van der Waals surface area contributed by atoms with Gasteiger partial charge in [-0.05, 0) is 36.6 Å². The molecule has 0 saturated carbocycles. The van der Waals surface area contributed by atoms with Gasteiger partial charge in [-0.1, -0.05) is 20.4 Å². The highest BCUT2D eigenvalue weighted by Crippen LogP contribution is 2.22. The number of nitrogen functional groups attached to an aromatic ring is 1. The Hall–Kier alpha value is -1.97. The van der Waals surface area contributed by atoms with Crippen LogP contribution < -0.4 is 15.8 Å². The maximum Gasteiger partial charge on any atom is 0.251 e. The molecule has 0 aliphatic carbocycles. The molecule has 4 heteroatoms. The normalized spacial score (nSPS) is 10.3. The monoisotopic (exact) mass is 262 g/mol. The largest absolute Gasteiger partial charge is 0.487 e. The van der Waals surface area contributed by atoms with Crippen LogP contribution in [0.25, 0.3) is 0 Å². The van der Waals surface area contributed by atoms with E-state index in [1.807, 2.05) is 20.8 Å². The van der Waals surface area contributed by atoms with E-state index in [-0.39, 0.29) is 5.91 Å². The molecule has 1 amide bonds. The van der Waals surface area contributed by atoms with E-state index in [1.165, 1.54) is 0 Å². The first-order chi connectivity index (χ1) is 8.90. The number of nitrogens with one attached hydrogen (secondary N) is 1. The van der Waals surface area contributed by atoms with Gasteiger partial charge in [0.1, 0.15) is 12.4 Å². The van der Waals surface area contributed by atoms with Gasteiger partial charge in [0, 0.05) is 12.1 Å². The van der Waals surface area contributed by atoms with Gasteiger partial charge in [-0.25, -0.2) is 0 Å². The second-order valence-electron chi connectivity index (χ2n) is 5.10. The second kappa shape index (κ2) is 6.83. The number of anilines is 1. The highest BCUT2D eigenvalue weighted by molar-refractivity contribution is 5.95. The van der Waals surface area contributed by atoms with E-state index in [4.69, 9.17) is 10.5 Å². The van der Waals surface area contributed by atoms with Gasteiger partial charge in [0.05, 0.1) is 5.69 Å². The molecule has 0 heterocycles. The molecule has 0 fully saturated rings. The van der Waals surface area contributed by atoms with Crippen molar-refractivity contribution in [2.45, 2.75) is 20.8 Å². The minimum Gasteiger partial charge on any atom is -0.487 e. The number of nitrogens with two attached hydrogens (primary N) is 1. The summed E-state index contributed by atoms with van der Waals surface area (Å²) in [5.41, 5.74) is 7.78. The SMILES string of the molecule is C=C(C)COc1ccc(C(=O)NCC(C)C)cc1N. The molecule has 19 heavy (non-hydrogen) atoms. The third-order valence-electron chi connectivity index (χ3n) is 2.42. The van der Waals surface area contributed by atoms with Gasteiger partial charge in [-0.15, -0.1) is 0 Å². The fourth-order valence-corrected chi connectivity index (χ4v) is 1.42. The van der Waals surface area contributed by atoms with E-state index in [2.05, 4.69) is 11.9 Å². The number of benzene rings is 1. The lowest BCUT2D eigenvalue weighted by molar-refractivity contribution is 0.0949. The summed E-state index contributed by atoms with van der Waals surface area (Å²) in [6, 6.07) is 5.05. The molecule has 0 atom stereocenters.